The van der Waals surface area contributed by atoms with E-state index in [0.717, 1.165) is 11.1 Å². The van der Waals surface area contributed by atoms with Crippen LogP contribution >= 0.6 is 0 Å². The summed E-state index contributed by atoms with van der Waals surface area (Å²) < 4.78 is 33.4. The second-order valence-electron chi connectivity index (χ2n) is 6.47. The Morgan fingerprint density at radius 1 is 0.893 bits per heavy atom. The molecular formula is C22H20N2O3S. The molecule has 0 aliphatic carbocycles. The summed E-state index contributed by atoms with van der Waals surface area (Å²) in [6, 6.07) is 25.1. The van der Waals surface area contributed by atoms with Gasteiger partial charge >= 0.3 is 0 Å². The van der Waals surface area contributed by atoms with Crippen molar-refractivity contribution in [2.75, 3.05) is 7.11 Å². The molecule has 3 aromatic carbocycles. The molecule has 0 amide bonds. The second-order valence-corrected chi connectivity index (χ2v) is 8.26. The van der Waals surface area contributed by atoms with Crippen LogP contribution in [-0.2, 0) is 10.0 Å². The van der Waals surface area contributed by atoms with Gasteiger partial charge in [-0.25, -0.2) is 0 Å². The third kappa shape index (κ3) is 3.27. The molecule has 0 bridgehead atoms. The molecule has 5 nitrogen and oxygen atoms in total. The van der Waals surface area contributed by atoms with Crippen molar-refractivity contribution < 1.29 is 13.2 Å². The Hall–Kier alpha value is -3.12. The number of sulfonamides is 1. The van der Waals surface area contributed by atoms with Gasteiger partial charge in [0, 0.05) is 12.0 Å². The third-order valence-corrected chi connectivity index (χ3v) is 6.46. The van der Waals surface area contributed by atoms with Gasteiger partial charge < -0.3 is 4.74 Å². The van der Waals surface area contributed by atoms with Crippen LogP contribution in [0.3, 0.4) is 0 Å². The van der Waals surface area contributed by atoms with E-state index in [1.165, 1.54) is 4.41 Å². The van der Waals surface area contributed by atoms with E-state index >= 15 is 0 Å². The molecule has 1 aliphatic heterocycles. The SMILES string of the molecule is COc1ccccc1C1=NN(S(=O)(=O)c2ccccc2)C(c2ccccc2)C1. The molecule has 142 valence electrons. The van der Waals surface area contributed by atoms with Crippen LogP contribution in [0.1, 0.15) is 23.6 Å². The fourth-order valence-electron chi connectivity index (χ4n) is 3.38. The second kappa shape index (κ2) is 7.48. The lowest BCUT2D eigenvalue weighted by atomic mass is 9.99. The monoisotopic (exact) mass is 392 g/mol. The van der Waals surface area contributed by atoms with Crippen LogP contribution in [0, 0.1) is 0 Å². The summed E-state index contributed by atoms with van der Waals surface area (Å²) in [5.74, 6) is 0.673. The number of hydrogen-bond donors (Lipinski definition) is 0. The van der Waals surface area contributed by atoms with Crippen molar-refractivity contribution in [2.24, 2.45) is 5.10 Å². The lowest BCUT2D eigenvalue weighted by Gasteiger charge is -2.23. The zero-order chi connectivity index (χ0) is 19.6. The first-order chi connectivity index (χ1) is 13.6. The third-order valence-electron chi connectivity index (χ3n) is 4.76. The number of ether oxygens (including phenoxy) is 1. The highest BCUT2D eigenvalue weighted by molar-refractivity contribution is 7.89. The molecule has 6 heteroatoms. The van der Waals surface area contributed by atoms with Crippen LogP contribution in [0.4, 0.5) is 0 Å². The lowest BCUT2D eigenvalue weighted by molar-refractivity contribution is 0.371. The fourth-order valence-corrected chi connectivity index (χ4v) is 4.83. The van der Waals surface area contributed by atoms with E-state index in [4.69, 9.17) is 4.74 Å². The van der Waals surface area contributed by atoms with Gasteiger partial charge in [-0.1, -0.05) is 60.7 Å². The van der Waals surface area contributed by atoms with Crippen LogP contribution in [0.15, 0.2) is 94.9 Å². The summed E-state index contributed by atoms with van der Waals surface area (Å²) >= 11 is 0. The summed E-state index contributed by atoms with van der Waals surface area (Å²) in [4.78, 5) is 0.223. The van der Waals surface area contributed by atoms with Gasteiger partial charge in [0.2, 0.25) is 0 Å². The molecular weight excluding hydrogens is 372 g/mol. The Balaban J connectivity index is 1.83. The maximum atomic E-state index is 13.3. The topological polar surface area (TPSA) is 59.0 Å². The Morgan fingerprint density at radius 3 is 2.18 bits per heavy atom. The molecule has 0 radical (unpaired) electrons. The first kappa shape index (κ1) is 18.3. The van der Waals surface area contributed by atoms with E-state index in [1.807, 2.05) is 54.6 Å². The van der Waals surface area contributed by atoms with E-state index in [1.54, 1.807) is 37.4 Å². The Bertz CT molecular complexity index is 1100. The summed E-state index contributed by atoms with van der Waals surface area (Å²) in [7, 11) is -2.19. The summed E-state index contributed by atoms with van der Waals surface area (Å²) in [6.45, 7) is 0. The number of nitrogens with zero attached hydrogens (tertiary/aromatic N) is 2. The Morgan fingerprint density at radius 2 is 1.50 bits per heavy atom. The fraction of sp³-hybridized carbons (Fsp3) is 0.136. The van der Waals surface area contributed by atoms with E-state index < -0.39 is 16.1 Å². The first-order valence-corrected chi connectivity index (χ1v) is 10.4. The number of hydrazone groups is 1. The number of hydrogen-bond acceptors (Lipinski definition) is 4. The zero-order valence-corrected chi connectivity index (χ0v) is 16.2. The largest absolute Gasteiger partial charge is 0.496 e. The van der Waals surface area contributed by atoms with Gasteiger partial charge in [-0.15, -0.1) is 0 Å². The molecule has 3 aromatic rings. The predicted molar refractivity (Wildman–Crippen MR) is 109 cm³/mol. The van der Waals surface area contributed by atoms with Gasteiger partial charge in [0.25, 0.3) is 10.0 Å². The van der Waals surface area contributed by atoms with Crippen LogP contribution in [0.25, 0.3) is 0 Å². The van der Waals surface area contributed by atoms with Crippen LogP contribution in [-0.4, -0.2) is 25.7 Å². The minimum absolute atomic E-state index is 0.223. The van der Waals surface area contributed by atoms with Gasteiger partial charge in [0.1, 0.15) is 5.75 Å². The van der Waals surface area contributed by atoms with Crippen molar-refractivity contribution in [3.05, 3.63) is 96.1 Å². The predicted octanol–water partition coefficient (Wildman–Crippen LogP) is 4.24. The summed E-state index contributed by atoms with van der Waals surface area (Å²) in [6.07, 6.45) is 0.469. The molecule has 1 aliphatic rings. The molecule has 0 spiro atoms. The van der Waals surface area contributed by atoms with Gasteiger partial charge in [-0.2, -0.15) is 17.9 Å². The van der Waals surface area contributed by atoms with Crippen LogP contribution < -0.4 is 4.74 Å². The minimum atomic E-state index is -3.79. The van der Waals surface area contributed by atoms with E-state index in [0.29, 0.717) is 17.9 Å². The van der Waals surface area contributed by atoms with Crippen molar-refractivity contribution in [3.63, 3.8) is 0 Å². The van der Waals surface area contributed by atoms with E-state index in [-0.39, 0.29) is 4.90 Å². The molecule has 0 saturated heterocycles. The Labute approximate surface area is 164 Å². The van der Waals surface area contributed by atoms with Crippen LogP contribution in [0.5, 0.6) is 5.75 Å². The molecule has 1 heterocycles. The smallest absolute Gasteiger partial charge is 0.279 e. The van der Waals surface area contributed by atoms with Crippen molar-refractivity contribution >= 4 is 15.7 Å². The molecule has 1 atom stereocenters. The van der Waals surface area contributed by atoms with Gasteiger partial charge in [0.05, 0.1) is 23.8 Å². The molecule has 0 fully saturated rings. The van der Waals surface area contributed by atoms with Crippen molar-refractivity contribution in [2.45, 2.75) is 17.4 Å². The highest BCUT2D eigenvalue weighted by Crippen LogP contribution is 2.38. The quantitative estimate of drug-likeness (QED) is 0.653. The van der Waals surface area contributed by atoms with Gasteiger partial charge in [-0.05, 0) is 29.8 Å². The highest BCUT2D eigenvalue weighted by atomic mass is 32.2. The average molecular weight is 392 g/mol. The number of rotatable bonds is 5. The van der Waals surface area contributed by atoms with Crippen molar-refractivity contribution in [1.82, 2.24) is 4.41 Å². The lowest BCUT2D eigenvalue weighted by Crippen LogP contribution is -2.27. The first-order valence-electron chi connectivity index (χ1n) is 8.96. The van der Waals surface area contributed by atoms with Gasteiger partial charge in [0.15, 0.2) is 0 Å². The van der Waals surface area contributed by atoms with Crippen molar-refractivity contribution in [1.29, 1.82) is 0 Å². The highest BCUT2D eigenvalue weighted by Gasteiger charge is 2.38. The summed E-state index contributed by atoms with van der Waals surface area (Å²) in [5.41, 5.74) is 2.39. The van der Waals surface area contributed by atoms with Crippen molar-refractivity contribution in [3.8, 4) is 5.75 Å². The number of para-hydroxylation sites is 1. The molecule has 1 unspecified atom stereocenters. The average Bonchev–Trinajstić information content (AvgIpc) is 3.21. The van der Waals surface area contributed by atoms with E-state index in [2.05, 4.69) is 5.10 Å². The maximum absolute atomic E-state index is 13.3. The Kier molecular flexibility index (Phi) is 4.88. The minimum Gasteiger partial charge on any atom is -0.496 e. The molecule has 0 N–H and O–H groups in total. The van der Waals surface area contributed by atoms with E-state index in [9.17, 15) is 8.42 Å². The molecule has 28 heavy (non-hydrogen) atoms. The van der Waals surface area contributed by atoms with Gasteiger partial charge in [-0.3, -0.25) is 0 Å². The molecule has 4 rings (SSSR count). The van der Waals surface area contributed by atoms with Crippen LogP contribution in [0.2, 0.25) is 0 Å². The number of benzene rings is 3. The molecule has 0 saturated carbocycles. The zero-order valence-electron chi connectivity index (χ0n) is 15.4. The number of methoxy groups -OCH3 is 1. The molecule has 0 aromatic heterocycles. The normalized spacial score (nSPS) is 16.7. The maximum Gasteiger partial charge on any atom is 0.279 e. The summed E-state index contributed by atoms with van der Waals surface area (Å²) in [5, 5.41) is 4.55. The standard InChI is InChI=1S/C22H20N2O3S/c1-27-22-15-9-8-14-19(22)20-16-21(17-10-4-2-5-11-17)24(23-20)28(25,26)18-12-6-3-7-13-18/h2-15,21H,16H2,1H3.